The molecule has 5 rings (SSSR count). The predicted octanol–water partition coefficient (Wildman–Crippen LogP) is 4.66. The Morgan fingerprint density at radius 3 is 2.66 bits per heavy atom. The summed E-state index contributed by atoms with van der Waals surface area (Å²) < 4.78 is 30.5. The third-order valence-corrected chi connectivity index (χ3v) is 6.68. The Hall–Kier alpha value is -4.05. The van der Waals surface area contributed by atoms with E-state index < -0.39 is 17.5 Å². The molecule has 0 saturated carbocycles. The second-order valence-corrected chi connectivity index (χ2v) is 8.90. The van der Waals surface area contributed by atoms with Crippen LogP contribution in [0.5, 0.6) is 0 Å². The fraction of sp³-hybridized carbons (Fsp3) is 0.120. The molecule has 3 aromatic carbocycles. The lowest BCUT2D eigenvalue weighted by molar-refractivity contribution is -0.113. The summed E-state index contributed by atoms with van der Waals surface area (Å²) in [6.45, 7) is 3.90. The SMILES string of the molecule is Cc1cccc(-n2c(=O)c3ccccc3n3c(SCC(=O)Nc4cc(F)ccc4F)nnc23)c1C. The number of nitrogens with one attached hydrogen (secondary N) is 1. The van der Waals surface area contributed by atoms with E-state index >= 15 is 0 Å². The van der Waals surface area contributed by atoms with Crippen molar-refractivity contribution in [3.8, 4) is 5.69 Å². The van der Waals surface area contributed by atoms with Gasteiger partial charge in [0.1, 0.15) is 11.6 Å². The average Bonchev–Trinajstić information content (AvgIpc) is 3.26. The van der Waals surface area contributed by atoms with Crippen molar-refractivity contribution in [1.82, 2.24) is 19.2 Å². The molecule has 5 aromatic rings. The quantitative estimate of drug-likeness (QED) is 0.362. The Morgan fingerprint density at radius 1 is 1.03 bits per heavy atom. The van der Waals surface area contributed by atoms with Gasteiger partial charge in [0.25, 0.3) is 5.56 Å². The first-order valence-electron chi connectivity index (χ1n) is 10.7. The van der Waals surface area contributed by atoms with E-state index in [9.17, 15) is 18.4 Å². The molecule has 0 unspecified atom stereocenters. The number of para-hydroxylation sites is 1. The smallest absolute Gasteiger partial charge is 0.267 e. The number of anilines is 1. The summed E-state index contributed by atoms with van der Waals surface area (Å²) in [7, 11) is 0. The van der Waals surface area contributed by atoms with Crippen LogP contribution in [-0.4, -0.2) is 30.8 Å². The van der Waals surface area contributed by atoms with Gasteiger partial charge in [0.15, 0.2) is 5.16 Å². The topological polar surface area (TPSA) is 81.3 Å². The minimum atomic E-state index is -0.735. The number of rotatable bonds is 5. The summed E-state index contributed by atoms with van der Waals surface area (Å²) in [6, 6.07) is 15.6. The van der Waals surface area contributed by atoms with Gasteiger partial charge in [-0.3, -0.25) is 14.0 Å². The monoisotopic (exact) mass is 491 g/mol. The van der Waals surface area contributed by atoms with Gasteiger partial charge >= 0.3 is 0 Å². The normalized spacial score (nSPS) is 11.3. The standard InChI is InChI=1S/C25H19F2N5O2S/c1-14-6-5-9-20(15(14)2)31-23(34)17-7-3-4-8-21(17)32-24(31)29-30-25(32)35-13-22(33)28-19-12-16(26)10-11-18(19)27/h3-12H,13H2,1-2H3,(H,28,33). The summed E-state index contributed by atoms with van der Waals surface area (Å²) in [5.74, 6) is -1.76. The van der Waals surface area contributed by atoms with Crippen LogP contribution >= 0.6 is 11.8 Å². The first-order chi connectivity index (χ1) is 16.8. The van der Waals surface area contributed by atoms with E-state index in [1.807, 2.05) is 32.0 Å². The number of aryl methyl sites for hydroxylation is 1. The van der Waals surface area contributed by atoms with Gasteiger partial charge < -0.3 is 5.32 Å². The molecule has 0 aliphatic rings. The molecule has 10 heteroatoms. The zero-order valence-corrected chi connectivity index (χ0v) is 19.6. The van der Waals surface area contributed by atoms with E-state index in [4.69, 9.17) is 0 Å². The fourth-order valence-electron chi connectivity index (χ4n) is 3.88. The average molecular weight is 492 g/mol. The number of hydrogen-bond donors (Lipinski definition) is 1. The number of halogens is 2. The molecular formula is C25H19F2N5O2S. The van der Waals surface area contributed by atoms with Crippen LogP contribution in [-0.2, 0) is 4.79 Å². The van der Waals surface area contributed by atoms with Gasteiger partial charge in [-0.15, -0.1) is 10.2 Å². The molecule has 0 radical (unpaired) electrons. The number of amides is 1. The molecule has 0 saturated heterocycles. The van der Waals surface area contributed by atoms with E-state index in [0.717, 1.165) is 41.1 Å². The van der Waals surface area contributed by atoms with E-state index in [2.05, 4.69) is 15.5 Å². The fourth-order valence-corrected chi connectivity index (χ4v) is 4.62. The Balaban J connectivity index is 1.57. The van der Waals surface area contributed by atoms with Gasteiger partial charge in [-0.25, -0.2) is 13.3 Å². The van der Waals surface area contributed by atoms with Crippen LogP contribution in [0, 0.1) is 25.5 Å². The maximum absolute atomic E-state index is 13.9. The highest BCUT2D eigenvalue weighted by atomic mass is 32.2. The molecule has 0 aliphatic carbocycles. The Morgan fingerprint density at radius 2 is 1.83 bits per heavy atom. The van der Waals surface area contributed by atoms with Gasteiger partial charge in [-0.05, 0) is 55.3 Å². The zero-order valence-electron chi connectivity index (χ0n) is 18.8. The first kappa shape index (κ1) is 22.7. The van der Waals surface area contributed by atoms with Gasteiger partial charge in [0.05, 0.1) is 28.0 Å². The van der Waals surface area contributed by atoms with E-state index in [0.29, 0.717) is 27.5 Å². The van der Waals surface area contributed by atoms with Crippen molar-refractivity contribution >= 4 is 40.0 Å². The third kappa shape index (κ3) is 4.06. The lowest BCUT2D eigenvalue weighted by Gasteiger charge is -2.14. The molecule has 0 bridgehead atoms. The van der Waals surface area contributed by atoms with Gasteiger partial charge in [0.2, 0.25) is 11.7 Å². The Labute approximate surface area is 202 Å². The second-order valence-electron chi connectivity index (χ2n) is 7.96. The van der Waals surface area contributed by atoms with Gasteiger partial charge in [-0.1, -0.05) is 36.0 Å². The molecule has 0 spiro atoms. The molecule has 35 heavy (non-hydrogen) atoms. The summed E-state index contributed by atoms with van der Waals surface area (Å²) >= 11 is 1.07. The largest absolute Gasteiger partial charge is 0.323 e. The number of fused-ring (bicyclic) bond motifs is 3. The second kappa shape index (κ2) is 8.95. The number of carbonyl (C=O) groups excluding carboxylic acids is 1. The van der Waals surface area contributed by atoms with Crippen molar-refractivity contribution in [1.29, 1.82) is 0 Å². The maximum Gasteiger partial charge on any atom is 0.267 e. The molecule has 7 nitrogen and oxygen atoms in total. The minimum absolute atomic E-state index is 0.131. The lowest BCUT2D eigenvalue weighted by Crippen LogP contribution is -2.23. The number of carbonyl (C=O) groups is 1. The van der Waals surface area contributed by atoms with Crippen molar-refractivity contribution in [3.63, 3.8) is 0 Å². The van der Waals surface area contributed by atoms with Crippen molar-refractivity contribution in [2.75, 3.05) is 11.1 Å². The van der Waals surface area contributed by atoms with Crippen LogP contribution in [0.3, 0.4) is 0 Å². The molecule has 0 aliphatic heterocycles. The number of nitrogens with zero attached hydrogens (tertiary/aromatic N) is 4. The van der Waals surface area contributed by atoms with Crippen molar-refractivity contribution in [3.05, 3.63) is 93.8 Å². The molecule has 176 valence electrons. The van der Waals surface area contributed by atoms with E-state index in [1.165, 1.54) is 4.57 Å². The van der Waals surface area contributed by atoms with Crippen LogP contribution in [0.2, 0.25) is 0 Å². The summed E-state index contributed by atoms with van der Waals surface area (Å²) in [4.78, 5) is 26.0. The highest BCUT2D eigenvalue weighted by Gasteiger charge is 2.20. The number of benzene rings is 3. The molecule has 2 heterocycles. The van der Waals surface area contributed by atoms with Crippen molar-refractivity contribution in [2.45, 2.75) is 19.0 Å². The van der Waals surface area contributed by atoms with Gasteiger partial charge in [-0.2, -0.15) is 0 Å². The molecule has 0 fully saturated rings. The number of aromatic nitrogens is 4. The molecular weight excluding hydrogens is 472 g/mol. The van der Waals surface area contributed by atoms with E-state index in [1.54, 1.807) is 28.7 Å². The summed E-state index contributed by atoms with van der Waals surface area (Å²) in [5, 5.41) is 11.7. The number of thioether (sulfide) groups is 1. The summed E-state index contributed by atoms with van der Waals surface area (Å²) in [6.07, 6.45) is 0. The highest BCUT2D eigenvalue weighted by Crippen LogP contribution is 2.25. The number of hydrogen-bond acceptors (Lipinski definition) is 5. The highest BCUT2D eigenvalue weighted by molar-refractivity contribution is 7.99. The van der Waals surface area contributed by atoms with Crippen LogP contribution < -0.4 is 10.9 Å². The van der Waals surface area contributed by atoms with Crippen LogP contribution in [0.25, 0.3) is 22.4 Å². The third-order valence-electron chi connectivity index (χ3n) is 5.75. The molecule has 2 aromatic heterocycles. The first-order valence-corrected chi connectivity index (χ1v) is 11.7. The van der Waals surface area contributed by atoms with Crippen molar-refractivity contribution in [2.24, 2.45) is 0 Å². The van der Waals surface area contributed by atoms with Crippen LogP contribution in [0.15, 0.2) is 70.6 Å². The van der Waals surface area contributed by atoms with E-state index in [-0.39, 0.29) is 17.0 Å². The lowest BCUT2D eigenvalue weighted by atomic mass is 10.1. The zero-order chi connectivity index (χ0) is 24.7. The summed E-state index contributed by atoms with van der Waals surface area (Å²) in [5.41, 5.74) is 2.77. The van der Waals surface area contributed by atoms with Crippen LogP contribution in [0.1, 0.15) is 11.1 Å². The van der Waals surface area contributed by atoms with Crippen LogP contribution in [0.4, 0.5) is 14.5 Å². The van der Waals surface area contributed by atoms with Crippen molar-refractivity contribution < 1.29 is 13.6 Å². The van der Waals surface area contributed by atoms with Gasteiger partial charge in [0, 0.05) is 6.07 Å². The molecule has 1 amide bonds. The minimum Gasteiger partial charge on any atom is -0.323 e. The molecule has 0 atom stereocenters. The Bertz CT molecular complexity index is 1680. The predicted molar refractivity (Wildman–Crippen MR) is 131 cm³/mol. The Kier molecular flexibility index (Phi) is 5.81. The molecule has 1 N–H and O–H groups in total. The maximum atomic E-state index is 13.9.